The van der Waals surface area contributed by atoms with Gasteiger partial charge in [0.25, 0.3) is 0 Å². The fraction of sp³-hybridized carbons (Fsp3) is 0.611. The van der Waals surface area contributed by atoms with Gasteiger partial charge in [0.15, 0.2) is 0 Å². The number of hydrogen-bond donors (Lipinski definition) is 1. The number of rotatable bonds is 5. The molecule has 0 saturated carbocycles. The highest BCUT2D eigenvalue weighted by Crippen LogP contribution is 2.22. The Morgan fingerprint density at radius 2 is 1.87 bits per heavy atom. The van der Waals surface area contributed by atoms with Crippen LogP contribution in [0.1, 0.15) is 33.1 Å². The van der Waals surface area contributed by atoms with E-state index in [1.807, 2.05) is 11.0 Å². The first-order chi connectivity index (χ1) is 10.5. The summed E-state index contributed by atoms with van der Waals surface area (Å²) in [6, 6.07) is 10.6. The minimum atomic E-state index is -0.353. The Labute approximate surface area is 146 Å². The molecule has 2 atom stereocenters. The Morgan fingerprint density at radius 1 is 1.30 bits per heavy atom. The minimum Gasteiger partial charge on any atom is -0.371 e. The topological polar surface area (TPSA) is 49.6 Å². The molecule has 5 heteroatoms. The predicted octanol–water partition coefficient (Wildman–Crippen LogP) is 2.91. The van der Waals surface area contributed by atoms with Crippen LogP contribution >= 0.6 is 12.4 Å². The monoisotopic (exact) mass is 339 g/mol. The highest BCUT2D eigenvalue weighted by atomic mass is 35.5. The zero-order chi connectivity index (χ0) is 16.1. The summed E-state index contributed by atoms with van der Waals surface area (Å²) in [5, 5.41) is 0. The van der Waals surface area contributed by atoms with Gasteiger partial charge in [-0.05, 0) is 30.9 Å². The Balaban J connectivity index is 0.00000264. The molecule has 1 aromatic rings. The van der Waals surface area contributed by atoms with Gasteiger partial charge in [0, 0.05) is 31.9 Å². The van der Waals surface area contributed by atoms with E-state index in [1.54, 1.807) is 0 Å². The van der Waals surface area contributed by atoms with Gasteiger partial charge in [0.2, 0.25) is 5.91 Å². The lowest BCUT2D eigenvalue weighted by Gasteiger charge is -2.39. The van der Waals surface area contributed by atoms with E-state index < -0.39 is 0 Å². The van der Waals surface area contributed by atoms with Crippen molar-refractivity contribution in [1.82, 2.24) is 4.90 Å². The van der Waals surface area contributed by atoms with Crippen molar-refractivity contribution in [2.24, 2.45) is 11.7 Å². The fourth-order valence-electron chi connectivity index (χ4n) is 3.06. The second-order valence-corrected chi connectivity index (χ2v) is 6.41. The van der Waals surface area contributed by atoms with E-state index in [1.165, 1.54) is 5.69 Å². The molecule has 23 heavy (non-hydrogen) atoms. The molecule has 2 N–H and O–H groups in total. The highest BCUT2D eigenvalue weighted by molar-refractivity contribution is 5.85. The maximum atomic E-state index is 12.4. The zero-order valence-corrected chi connectivity index (χ0v) is 15.3. The molecule has 4 nitrogen and oxygen atoms in total. The molecule has 1 amide bonds. The van der Waals surface area contributed by atoms with Crippen LogP contribution < -0.4 is 10.6 Å². The number of likely N-dealkylation sites (tertiary alicyclic amines) is 1. The number of amides is 1. The maximum absolute atomic E-state index is 12.4. The summed E-state index contributed by atoms with van der Waals surface area (Å²) in [5.41, 5.74) is 7.33. The molecule has 0 radical (unpaired) electrons. The van der Waals surface area contributed by atoms with E-state index in [4.69, 9.17) is 5.73 Å². The standard InChI is InChI=1S/C18H29N3O.ClH/c1-4-14(2)17(19)18(22)21-12-10-16(11-13-21)20(3)15-8-6-5-7-9-15;/h5-9,14,16-17H,4,10-13,19H2,1-3H3;1H. The van der Waals surface area contributed by atoms with Crippen molar-refractivity contribution in [3.63, 3.8) is 0 Å². The normalized spacial score (nSPS) is 18.0. The summed E-state index contributed by atoms with van der Waals surface area (Å²) in [6.45, 7) is 5.76. The fourth-order valence-corrected chi connectivity index (χ4v) is 3.06. The number of carbonyl (C=O) groups is 1. The molecule has 1 aliphatic rings. The molecule has 1 saturated heterocycles. The van der Waals surface area contributed by atoms with E-state index in [0.717, 1.165) is 32.4 Å². The van der Waals surface area contributed by atoms with Crippen LogP contribution in [0.3, 0.4) is 0 Å². The number of nitrogens with two attached hydrogens (primary N) is 1. The quantitative estimate of drug-likeness (QED) is 0.897. The van der Waals surface area contributed by atoms with Crippen LogP contribution in [0.25, 0.3) is 0 Å². The third-order valence-electron chi connectivity index (χ3n) is 5.03. The number of para-hydroxylation sites is 1. The van der Waals surface area contributed by atoms with Crippen LogP contribution in [-0.4, -0.2) is 43.0 Å². The van der Waals surface area contributed by atoms with Crippen LogP contribution in [0.5, 0.6) is 0 Å². The van der Waals surface area contributed by atoms with Crippen molar-refractivity contribution in [3.8, 4) is 0 Å². The molecule has 0 bridgehead atoms. The van der Waals surface area contributed by atoms with E-state index in [2.05, 4.69) is 50.1 Å². The lowest BCUT2D eigenvalue weighted by Crippen LogP contribution is -2.52. The van der Waals surface area contributed by atoms with Crippen molar-refractivity contribution in [3.05, 3.63) is 30.3 Å². The summed E-state index contributed by atoms with van der Waals surface area (Å²) >= 11 is 0. The van der Waals surface area contributed by atoms with Crippen LogP contribution in [0.15, 0.2) is 30.3 Å². The first-order valence-electron chi connectivity index (χ1n) is 8.36. The van der Waals surface area contributed by atoms with E-state index >= 15 is 0 Å². The number of benzene rings is 1. The molecule has 1 aliphatic heterocycles. The van der Waals surface area contributed by atoms with Gasteiger partial charge in [-0.3, -0.25) is 4.79 Å². The molecule has 130 valence electrons. The Bertz CT molecular complexity index is 474. The number of carbonyl (C=O) groups excluding carboxylic acids is 1. The van der Waals surface area contributed by atoms with E-state index in [-0.39, 0.29) is 30.3 Å². The first kappa shape index (κ1) is 19.8. The summed E-state index contributed by atoms with van der Waals surface area (Å²) < 4.78 is 0. The zero-order valence-electron chi connectivity index (χ0n) is 14.4. The van der Waals surface area contributed by atoms with E-state index in [9.17, 15) is 4.79 Å². The van der Waals surface area contributed by atoms with Gasteiger partial charge in [-0.15, -0.1) is 12.4 Å². The second-order valence-electron chi connectivity index (χ2n) is 6.41. The van der Waals surface area contributed by atoms with Gasteiger partial charge in [0.05, 0.1) is 6.04 Å². The number of nitrogens with zero attached hydrogens (tertiary/aromatic N) is 2. The molecular weight excluding hydrogens is 310 g/mol. The largest absolute Gasteiger partial charge is 0.371 e. The van der Waals surface area contributed by atoms with Gasteiger partial charge in [0.1, 0.15) is 0 Å². The maximum Gasteiger partial charge on any atom is 0.239 e. The van der Waals surface area contributed by atoms with Gasteiger partial charge in [-0.25, -0.2) is 0 Å². The summed E-state index contributed by atoms with van der Waals surface area (Å²) in [4.78, 5) is 16.7. The Hall–Kier alpha value is -1.26. The van der Waals surface area contributed by atoms with Gasteiger partial charge < -0.3 is 15.5 Å². The van der Waals surface area contributed by atoms with Crippen molar-refractivity contribution >= 4 is 24.0 Å². The Kier molecular flexibility index (Phi) is 7.86. The van der Waals surface area contributed by atoms with E-state index in [0.29, 0.717) is 6.04 Å². The van der Waals surface area contributed by atoms with Crippen LogP contribution in [0.4, 0.5) is 5.69 Å². The lowest BCUT2D eigenvalue weighted by molar-refractivity contribution is -0.134. The second kappa shape index (κ2) is 9.14. The average Bonchev–Trinajstić information content (AvgIpc) is 2.60. The third-order valence-corrected chi connectivity index (χ3v) is 5.03. The SMILES string of the molecule is CCC(C)C(N)C(=O)N1CCC(N(C)c2ccccc2)CC1.Cl. The molecule has 2 unspecified atom stereocenters. The lowest BCUT2D eigenvalue weighted by atomic mass is 9.96. The summed E-state index contributed by atoms with van der Waals surface area (Å²) in [5.74, 6) is 0.368. The number of hydrogen-bond acceptors (Lipinski definition) is 3. The van der Waals surface area contributed by atoms with Gasteiger partial charge in [-0.2, -0.15) is 0 Å². The van der Waals surface area contributed by atoms with Crippen molar-refractivity contribution in [1.29, 1.82) is 0 Å². The van der Waals surface area contributed by atoms with Crippen molar-refractivity contribution < 1.29 is 4.79 Å². The third kappa shape index (κ3) is 4.85. The van der Waals surface area contributed by atoms with Crippen LogP contribution in [0.2, 0.25) is 0 Å². The molecule has 0 aromatic heterocycles. The number of halogens is 1. The number of anilines is 1. The molecule has 0 spiro atoms. The van der Waals surface area contributed by atoms with Crippen LogP contribution in [-0.2, 0) is 4.79 Å². The van der Waals surface area contributed by atoms with Crippen molar-refractivity contribution in [2.75, 3.05) is 25.0 Å². The highest BCUT2D eigenvalue weighted by Gasteiger charge is 2.29. The summed E-state index contributed by atoms with van der Waals surface area (Å²) in [6.07, 6.45) is 2.95. The smallest absolute Gasteiger partial charge is 0.239 e. The van der Waals surface area contributed by atoms with Crippen LogP contribution in [0, 0.1) is 5.92 Å². The van der Waals surface area contributed by atoms with Crippen molar-refractivity contribution in [2.45, 2.75) is 45.2 Å². The molecular formula is C18H30ClN3O. The molecule has 1 heterocycles. The summed E-state index contributed by atoms with van der Waals surface area (Å²) in [7, 11) is 2.14. The average molecular weight is 340 g/mol. The molecule has 1 aromatic carbocycles. The van der Waals surface area contributed by atoms with Gasteiger partial charge in [-0.1, -0.05) is 38.5 Å². The molecule has 1 fully saturated rings. The minimum absolute atomic E-state index is 0. The predicted molar refractivity (Wildman–Crippen MR) is 99.1 cm³/mol. The Morgan fingerprint density at radius 3 is 2.39 bits per heavy atom. The number of piperidine rings is 1. The van der Waals surface area contributed by atoms with Gasteiger partial charge >= 0.3 is 0 Å². The first-order valence-corrected chi connectivity index (χ1v) is 8.36. The molecule has 0 aliphatic carbocycles. The molecule has 2 rings (SSSR count).